The Kier molecular flexibility index (Phi) is 6.90. The van der Waals surface area contributed by atoms with Crippen molar-refractivity contribution in [2.75, 3.05) is 13.2 Å². The number of carbonyl (C=O) groups is 2. The fourth-order valence-corrected chi connectivity index (χ4v) is 3.65. The summed E-state index contributed by atoms with van der Waals surface area (Å²) >= 11 is 0. The van der Waals surface area contributed by atoms with Gasteiger partial charge in [-0.15, -0.1) is 10.2 Å². The van der Waals surface area contributed by atoms with Crippen molar-refractivity contribution in [3.05, 3.63) is 52.5 Å². The SMILES string of the molecule is CCc1nnc(-c2[nH]c(C)c(C(=O)c3cccc(OCCN(C(=O)O)C(C)(C)C)c3)c2C)o1. The van der Waals surface area contributed by atoms with Gasteiger partial charge in [-0.05, 0) is 52.3 Å². The van der Waals surface area contributed by atoms with E-state index in [1.165, 1.54) is 4.90 Å². The van der Waals surface area contributed by atoms with E-state index < -0.39 is 11.6 Å². The van der Waals surface area contributed by atoms with E-state index >= 15 is 0 Å². The lowest BCUT2D eigenvalue weighted by Crippen LogP contribution is -2.46. The minimum atomic E-state index is -1.00. The van der Waals surface area contributed by atoms with Gasteiger partial charge in [-0.2, -0.15) is 0 Å². The number of H-pyrrole nitrogens is 1. The molecule has 0 saturated heterocycles. The van der Waals surface area contributed by atoms with Crippen LogP contribution in [0.3, 0.4) is 0 Å². The van der Waals surface area contributed by atoms with Gasteiger partial charge in [-0.3, -0.25) is 4.79 Å². The normalized spacial score (nSPS) is 11.5. The molecule has 176 valence electrons. The fourth-order valence-electron chi connectivity index (χ4n) is 3.65. The number of carboxylic acid groups (broad SMARTS) is 1. The number of aromatic nitrogens is 3. The molecule has 1 aromatic carbocycles. The van der Waals surface area contributed by atoms with Crippen molar-refractivity contribution in [1.29, 1.82) is 0 Å². The van der Waals surface area contributed by atoms with Crippen LogP contribution in [-0.4, -0.2) is 55.8 Å². The molecular weight excluding hydrogens is 424 g/mol. The quantitative estimate of drug-likeness (QED) is 0.476. The summed E-state index contributed by atoms with van der Waals surface area (Å²) in [5.74, 6) is 1.22. The van der Waals surface area contributed by atoms with E-state index in [-0.39, 0.29) is 18.9 Å². The summed E-state index contributed by atoms with van der Waals surface area (Å²) in [7, 11) is 0. The first kappa shape index (κ1) is 24.0. The maximum atomic E-state index is 13.3. The third-order valence-corrected chi connectivity index (χ3v) is 5.37. The highest BCUT2D eigenvalue weighted by Crippen LogP contribution is 2.29. The maximum absolute atomic E-state index is 13.3. The zero-order valence-corrected chi connectivity index (χ0v) is 19.9. The number of hydrogen-bond donors (Lipinski definition) is 2. The van der Waals surface area contributed by atoms with E-state index in [0.29, 0.717) is 46.5 Å². The van der Waals surface area contributed by atoms with Crippen LogP contribution in [0.15, 0.2) is 28.7 Å². The fraction of sp³-hybridized carbons (Fsp3) is 0.417. The Morgan fingerprint density at radius 2 is 1.94 bits per heavy atom. The number of nitrogens with zero attached hydrogens (tertiary/aromatic N) is 3. The molecule has 0 fully saturated rings. The number of aromatic amines is 1. The number of benzene rings is 1. The third kappa shape index (κ3) is 5.24. The van der Waals surface area contributed by atoms with E-state index in [1.807, 2.05) is 41.5 Å². The number of rotatable bonds is 8. The number of carbonyl (C=O) groups excluding carboxylic acids is 1. The van der Waals surface area contributed by atoms with Gasteiger partial charge in [-0.25, -0.2) is 4.79 Å². The summed E-state index contributed by atoms with van der Waals surface area (Å²) < 4.78 is 11.4. The summed E-state index contributed by atoms with van der Waals surface area (Å²) in [4.78, 5) is 29.3. The van der Waals surface area contributed by atoms with Crippen LogP contribution in [0.25, 0.3) is 11.6 Å². The first-order chi connectivity index (χ1) is 15.5. The minimum Gasteiger partial charge on any atom is -0.492 e. The Labute approximate surface area is 192 Å². The van der Waals surface area contributed by atoms with Crippen molar-refractivity contribution in [3.63, 3.8) is 0 Å². The lowest BCUT2D eigenvalue weighted by molar-refractivity contribution is 0.0892. The molecule has 0 saturated carbocycles. The Morgan fingerprint density at radius 3 is 2.55 bits per heavy atom. The zero-order chi connectivity index (χ0) is 24.3. The molecule has 33 heavy (non-hydrogen) atoms. The van der Waals surface area contributed by atoms with Crippen LogP contribution >= 0.6 is 0 Å². The van der Waals surface area contributed by atoms with Gasteiger partial charge < -0.3 is 24.1 Å². The number of hydrogen-bond acceptors (Lipinski definition) is 6. The Balaban J connectivity index is 1.78. The smallest absolute Gasteiger partial charge is 0.407 e. The molecule has 2 N–H and O–H groups in total. The molecule has 1 amide bonds. The van der Waals surface area contributed by atoms with E-state index in [0.717, 1.165) is 5.56 Å². The van der Waals surface area contributed by atoms with Crippen molar-refractivity contribution >= 4 is 11.9 Å². The average Bonchev–Trinajstić information content (AvgIpc) is 3.33. The lowest BCUT2D eigenvalue weighted by Gasteiger charge is -2.32. The first-order valence-corrected chi connectivity index (χ1v) is 10.8. The molecule has 2 heterocycles. The van der Waals surface area contributed by atoms with Gasteiger partial charge in [0.05, 0.1) is 6.54 Å². The van der Waals surface area contributed by atoms with Crippen LogP contribution in [0.4, 0.5) is 4.79 Å². The first-order valence-electron chi connectivity index (χ1n) is 10.8. The molecule has 0 radical (unpaired) electrons. The molecule has 0 bridgehead atoms. The number of nitrogens with one attached hydrogen (secondary N) is 1. The third-order valence-electron chi connectivity index (χ3n) is 5.37. The van der Waals surface area contributed by atoms with Gasteiger partial charge in [0.2, 0.25) is 5.89 Å². The van der Waals surface area contributed by atoms with E-state index in [2.05, 4.69) is 15.2 Å². The number of aryl methyl sites for hydroxylation is 2. The largest absolute Gasteiger partial charge is 0.492 e. The number of ether oxygens (including phenoxy) is 1. The Hall–Kier alpha value is -3.62. The molecule has 0 aliphatic carbocycles. The van der Waals surface area contributed by atoms with Crippen molar-refractivity contribution in [3.8, 4) is 17.3 Å². The van der Waals surface area contributed by atoms with E-state index in [9.17, 15) is 14.7 Å². The summed E-state index contributed by atoms with van der Waals surface area (Å²) in [5.41, 5.74) is 2.55. The van der Waals surface area contributed by atoms with Crippen LogP contribution in [0, 0.1) is 13.8 Å². The monoisotopic (exact) mass is 454 g/mol. The number of amides is 1. The molecule has 3 rings (SSSR count). The lowest BCUT2D eigenvalue weighted by atomic mass is 9.99. The summed E-state index contributed by atoms with van der Waals surface area (Å²) in [6, 6.07) is 6.87. The molecule has 0 atom stereocenters. The van der Waals surface area contributed by atoms with Gasteiger partial charge in [0, 0.05) is 28.8 Å². The number of ketones is 1. The van der Waals surface area contributed by atoms with Crippen LogP contribution in [0.5, 0.6) is 5.75 Å². The Morgan fingerprint density at radius 1 is 1.21 bits per heavy atom. The van der Waals surface area contributed by atoms with Crippen molar-refractivity contribution in [2.45, 2.75) is 53.5 Å². The molecular formula is C24H30N4O5. The highest BCUT2D eigenvalue weighted by molar-refractivity contribution is 6.11. The molecule has 0 aliphatic rings. The minimum absolute atomic E-state index is 0.157. The van der Waals surface area contributed by atoms with Gasteiger partial charge in [0.15, 0.2) is 5.78 Å². The molecule has 3 aromatic rings. The van der Waals surface area contributed by atoms with E-state index in [1.54, 1.807) is 24.3 Å². The summed E-state index contributed by atoms with van der Waals surface area (Å²) in [6.07, 6.45) is -0.374. The second-order valence-electron chi connectivity index (χ2n) is 8.79. The van der Waals surface area contributed by atoms with Crippen molar-refractivity contribution in [1.82, 2.24) is 20.1 Å². The molecule has 0 spiro atoms. The van der Waals surface area contributed by atoms with Crippen LogP contribution in [0.2, 0.25) is 0 Å². The summed E-state index contributed by atoms with van der Waals surface area (Å²) in [5, 5.41) is 17.5. The average molecular weight is 455 g/mol. The molecule has 2 aromatic heterocycles. The topological polar surface area (TPSA) is 122 Å². The molecule has 9 nitrogen and oxygen atoms in total. The van der Waals surface area contributed by atoms with Crippen molar-refractivity contribution in [2.24, 2.45) is 0 Å². The molecule has 0 unspecified atom stereocenters. The predicted molar refractivity (Wildman–Crippen MR) is 123 cm³/mol. The zero-order valence-electron chi connectivity index (χ0n) is 19.9. The predicted octanol–water partition coefficient (Wildman–Crippen LogP) is 4.63. The van der Waals surface area contributed by atoms with Gasteiger partial charge >= 0.3 is 6.09 Å². The van der Waals surface area contributed by atoms with Gasteiger partial charge in [0.25, 0.3) is 5.89 Å². The molecule has 9 heteroatoms. The van der Waals surface area contributed by atoms with Crippen LogP contribution < -0.4 is 4.74 Å². The van der Waals surface area contributed by atoms with Crippen LogP contribution in [0.1, 0.15) is 60.8 Å². The van der Waals surface area contributed by atoms with Gasteiger partial charge in [-0.1, -0.05) is 19.1 Å². The van der Waals surface area contributed by atoms with E-state index in [4.69, 9.17) is 9.15 Å². The van der Waals surface area contributed by atoms with Crippen molar-refractivity contribution < 1.29 is 23.8 Å². The second kappa shape index (κ2) is 9.48. The standard InChI is InChI=1S/C24H30N4O5/c1-7-18-26-27-22(33-18)20-14(2)19(15(3)25-20)21(29)16-9-8-10-17(13-16)32-12-11-28(23(30)31)24(4,5)6/h8-10,13,25H,7,11-12H2,1-6H3,(H,30,31). The Bertz CT molecular complexity index is 1160. The highest BCUT2D eigenvalue weighted by atomic mass is 16.5. The van der Waals surface area contributed by atoms with Crippen LogP contribution in [-0.2, 0) is 6.42 Å². The summed E-state index contributed by atoms with van der Waals surface area (Å²) in [6.45, 7) is 11.5. The second-order valence-corrected chi connectivity index (χ2v) is 8.79. The highest BCUT2D eigenvalue weighted by Gasteiger charge is 2.26. The molecule has 0 aliphatic heterocycles. The maximum Gasteiger partial charge on any atom is 0.407 e. The van der Waals surface area contributed by atoms with Gasteiger partial charge in [0.1, 0.15) is 18.1 Å².